The van der Waals surface area contributed by atoms with Crippen LogP contribution in [0.1, 0.15) is 18.2 Å². The van der Waals surface area contributed by atoms with Gasteiger partial charge in [-0.3, -0.25) is 4.79 Å². The Labute approximate surface area is 156 Å². The number of rotatable bonds is 7. The van der Waals surface area contributed by atoms with Crippen LogP contribution in [-0.4, -0.2) is 33.0 Å². The van der Waals surface area contributed by atoms with Crippen LogP contribution in [0.25, 0.3) is 11.8 Å². The summed E-state index contributed by atoms with van der Waals surface area (Å²) in [6.07, 6.45) is 4.89. The standard InChI is InChI=1S/C20H19N3O4/c1-14(24)7-8-15-9-10-19(20(11-15)26-2)27-13-16-12-23(22-21-16)17-5-3-4-6-18(17)25/h3-12,25H,13H2,1-2H3/b8-7+. The summed E-state index contributed by atoms with van der Waals surface area (Å²) >= 11 is 0. The Balaban J connectivity index is 1.72. The lowest BCUT2D eigenvalue weighted by molar-refractivity contribution is -0.112. The fraction of sp³-hybridized carbons (Fsp3) is 0.150. The number of hydrogen-bond donors (Lipinski definition) is 1. The van der Waals surface area contributed by atoms with Gasteiger partial charge in [0.1, 0.15) is 23.7 Å². The molecule has 0 aliphatic carbocycles. The number of carbonyl (C=O) groups is 1. The Hall–Kier alpha value is -3.61. The number of aromatic hydroxyl groups is 1. The van der Waals surface area contributed by atoms with Crippen LogP contribution < -0.4 is 9.47 Å². The van der Waals surface area contributed by atoms with E-state index in [1.54, 1.807) is 55.8 Å². The van der Waals surface area contributed by atoms with Crippen molar-refractivity contribution in [3.05, 3.63) is 66.0 Å². The predicted molar refractivity (Wildman–Crippen MR) is 100 cm³/mol. The van der Waals surface area contributed by atoms with Gasteiger partial charge in [0.2, 0.25) is 0 Å². The Morgan fingerprint density at radius 2 is 2.04 bits per heavy atom. The number of methoxy groups -OCH3 is 1. The number of allylic oxidation sites excluding steroid dienone is 1. The van der Waals surface area contributed by atoms with Crippen LogP contribution in [0.15, 0.2) is 54.7 Å². The van der Waals surface area contributed by atoms with Gasteiger partial charge in [-0.1, -0.05) is 29.5 Å². The summed E-state index contributed by atoms with van der Waals surface area (Å²) in [6, 6.07) is 12.3. The van der Waals surface area contributed by atoms with E-state index in [1.807, 2.05) is 6.07 Å². The van der Waals surface area contributed by atoms with Crippen LogP contribution in [0.3, 0.4) is 0 Å². The first-order valence-corrected chi connectivity index (χ1v) is 8.26. The van der Waals surface area contributed by atoms with Crippen LogP contribution in [0.4, 0.5) is 0 Å². The van der Waals surface area contributed by atoms with Gasteiger partial charge in [-0.25, -0.2) is 4.68 Å². The van der Waals surface area contributed by atoms with E-state index in [9.17, 15) is 9.90 Å². The van der Waals surface area contributed by atoms with Crippen molar-refractivity contribution in [1.29, 1.82) is 0 Å². The first-order valence-electron chi connectivity index (χ1n) is 8.26. The molecule has 0 saturated carbocycles. The van der Waals surface area contributed by atoms with Crippen molar-refractivity contribution < 1.29 is 19.4 Å². The molecular weight excluding hydrogens is 346 g/mol. The van der Waals surface area contributed by atoms with E-state index in [0.717, 1.165) is 5.56 Å². The van der Waals surface area contributed by atoms with E-state index in [0.29, 0.717) is 22.9 Å². The van der Waals surface area contributed by atoms with Crippen molar-refractivity contribution in [3.63, 3.8) is 0 Å². The van der Waals surface area contributed by atoms with Crippen LogP contribution in [0, 0.1) is 0 Å². The molecule has 3 rings (SSSR count). The third-order valence-electron chi connectivity index (χ3n) is 3.74. The first kappa shape index (κ1) is 18.2. The Morgan fingerprint density at radius 3 is 2.78 bits per heavy atom. The molecule has 0 saturated heterocycles. The fourth-order valence-corrected chi connectivity index (χ4v) is 2.41. The molecule has 0 spiro atoms. The molecule has 0 amide bonds. The van der Waals surface area contributed by atoms with E-state index < -0.39 is 0 Å². The van der Waals surface area contributed by atoms with Crippen molar-refractivity contribution in [1.82, 2.24) is 15.0 Å². The Kier molecular flexibility index (Phi) is 5.51. The molecule has 7 heteroatoms. The molecule has 0 radical (unpaired) electrons. The minimum absolute atomic E-state index is 0.0261. The molecule has 0 atom stereocenters. The second kappa shape index (κ2) is 8.18. The van der Waals surface area contributed by atoms with E-state index in [2.05, 4.69) is 10.3 Å². The zero-order valence-corrected chi connectivity index (χ0v) is 15.0. The lowest BCUT2D eigenvalue weighted by atomic mass is 10.1. The van der Waals surface area contributed by atoms with Gasteiger partial charge in [0, 0.05) is 0 Å². The average Bonchev–Trinajstić information content (AvgIpc) is 3.14. The highest BCUT2D eigenvalue weighted by Crippen LogP contribution is 2.29. The van der Waals surface area contributed by atoms with Gasteiger partial charge in [0.15, 0.2) is 17.3 Å². The number of aromatic nitrogens is 3. The Bertz CT molecular complexity index is 979. The molecule has 0 aliphatic rings. The lowest BCUT2D eigenvalue weighted by Crippen LogP contribution is -1.98. The zero-order chi connectivity index (χ0) is 19.2. The van der Waals surface area contributed by atoms with Gasteiger partial charge in [0.25, 0.3) is 0 Å². The summed E-state index contributed by atoms with van der Waals surface area (Å²) in [5.74, 6) is 1.19. The number of benzene rings is 2. The molecule has 138 valence electrons. The highest BCUT2D eigenvalue weighted by molar-refractivity contribution is 5.91. The summed E-state index contributed by atoms with van der Waals surface area (Å²) in [4.78, 5) is 11.1. The Morgan fingerprint density at radius 1 is 1.22 bits per heavy atom. The van der Waals surface area contributed by atoms with E-state index in [1.165, 1.54) is 17.7 Å². The molecule has 0 unspecified atom stereocenters. The largest absolute Gasteiger partial charge is 0.506 e. The number of phenolic OH excluding ortho intramolecular Hbond substituents is 1. The molecule has 0 fully saturated rings. The summed E-state index contributed by atoms with van der Waals surface area (Å²) in [7, 11) is 1.55. The molecule has 7 nitrogen and oxygen atoms in total. The van der Waals surface area contributed by atoms with Crippen LogP contribution in [0.2, 0.25) is 0 Å². The molecule has 27 heavy (non-hydrogen) atoms. The zero-order valence-electron chi connectivity index (χ0n) is 15.0. The van der Waals surface area contributed by atoms with E-state index in [-0.39, 0.29) is 18.1 Å². The van der Waals surface area contributed by atoms with Gasteiger partial charge in [-0.2, -0.15) is 0 Å². The van der Waals surface area contributed by atoms with Crippen LogP contribution in [-0.2, 0) is 11.4 Å². The van der Waals surface area contributed by atoms with E-state index in [4.69, 9.17) is 9.47 Å². The fourth-order valence-electron chi connectivity index (χ4n) is 2.41. The van der Waals surface area contributed by atoms with Crippen molar-refractivity contribution >= 4 is 11.9 Å². The van der Waals surface area contributed by atoms with Crippen molar-refractivity contribution in [2.24, 2.45) is 0 Å². The summed E-state index contributed by atoms with van der Waals surface area (Å²) < 4.78 is 12.6. The van der Waals surface area contributed by atoms with Gasteiger partial charge in [0.05, 0.1) is 13.3 Å². The number of ketones is 1. The van der Waals surface area contributed by atoms with E-state index >= 15 is 0 Å². The maximum atomic E-state index is 11.1. The summed E-state index contributed by atoms with van der Waals surface area (Å²) in [5, 5.41) is 18.0. The highest BCUT2D eigenvalue weighted by atomic mass is 16.5. The third-order valence-corrected chi connectivity index (χ3v) is 3.74. The number of phenols is 1. The first-order chi connectivity index (χ1) is 13.1. The molecule has 0 aliphatic heterocycles. The van der Waals surface area contributed by atoms with Crippen molar-refractivity contribution in [2.75, 3.05) is 7.11 Å². The molecule has 1 N–H and O–H groups in total. The topological polar surface area (TPSA) is 86.5 Å². The SMILES string of the molecule is COc1cc(/C=C/C(C)=O)ccc1OCc1cn(-c2ccccc2O)nn1. The number of nitrogens with zero attached hydrogens (tertiary/aromatic N) is 3. The second-order valence-electron chi connectivity index (χ2n) is 5.79. The molecule has 1 aromatic heterocycles. The summed E-state index contributed by atoms with van der Waals surface area (Å²) in [5.41, 5.74) is 1.97. The van der Waals surface area contributed by atoms with Gasteiger partial charge >= 0.3 is 0 Å². The molecule has 3 aromatic rings. The quantitative estimate of drug-likeness (QED) is 0.647. The van der Waals surface area contributed by atoms with Crippen molar-refractivity contribution in [3.8, 4) is 22.9 Å². The predicted octanol–water partition coefficient (Wildman–Crippen LogP) is 3.16. The maximum Gasteiger partial charge on any atom is 0.161 e. The number of carbonyl (C=O) groups excluding carboxylic acids is 1. The van der Waals surface area contributed by atoms with Gasteiger partial charge in [-0.15, -0.1) is 5.10 Å². The number of para-hydroxylation sites is 2. The molecule has 0 bridgehead atoms. The minimum atomic E-state index is -0.0261. The van der Waals surface area contributed by atoms with Gasteiger partial charge in [-0.05, 0) is 42.8 Å². The minimum Gasteiger partial charge on any atom is -0.506 e. The normalized spacial score (nSPS) is 10.9. The van der Waals surface area contributed by atoms with Crippen LogP contribution in [0.5, 0.6) is 17.2 Å². The monoisotopic (exact) mass is 365 g/mol. The lowest BCUT2D eigenvalue weighted by Gasteiger charge is -2.10. The smallest absolute Gasteiger partial charge is 0.161 e. The van der Waals surface area contributed by atoms with Crippen molar-refractivity contribution in [2.45, 2.75) is 13.5 Å². The third kappa shape index (κ3) is 4.52. The number of hydrogen-bond acceptors (Lipinski definition) is 6. The molecule has 2 aromatic carbocycles. The maximum absolute atomic E-state index is 11.1. The number of ether oxygens (including phenoxy) is 2. The van der Waals surface area contributed by atoms with Crippen LogP contribution >= 0.6 is 0 Å². The highest BCUT2D eigenvalue weighted by Gasteiger charge is 2.09. The molecular formula is C20H19N3O4. The summed E-state index contributed by atoms with van der Waals surface area (Å²) in [6.45, 7) is 1.68. The average molecular weight is 365 g/mol. The molecule has 1 heterocycles. The second-order valence-corrected chi connectivity index (χ2v) is 5.79. The van der Waals surface area contributed by atoms with Gasteiger partial charge < -0.3 is 14.6 Å².